The van der Waals surface area contributed by atoms with Gasteiger partial charge in [-0.2, -0.15) is 0 Å². The zero-order valence-electron chi connectivity index (χ0n) is 14.0. The fraction of sp³-hybridized carbons (Fsp3) is 0.526. The first-order valence-electron chi connectivity index (χ1n) is 8.80. The third kappa shape index (κ3) is 2.95. The maximum Gasteiger partial charge on any atom is 0.291 e. The van der Waals surface area contributed by atoms with Crippen molar-refractivity contribution in [3.63, 3.8) is 0 Å². The van der Waals surface area contributed by atoms with Crippen molar-refractivity contribution in [2.75, 3.05) is 13.1 Å². The minimum absolute atomic E-state index is 0.0193. The number of oxazole rings is 1. The van der Waals surface area contributed by atoms with Gasteiger partial charge >= 0.3 is 0 Å². The van der Waals surface area contributed by atoms with Crippen molar-refractivity contribution in [2.45, 2.75) is 32.6 Å². The molecule has 1 aliphatic heterocycles. The van der Waals surface area contributed by atoms with E-state index in [0.29, 0.717) is 23.5 Å². The molecule has 2 aromatic heterocycles. The molecule has 5 nitrogen and oxygen atoms in total. The lowest BCUT2D eigenvalue weighted by atomic mass is 9.72. The predicted octanol–water partition coefficient (Wildman–Crippen LogP) is 3.11. The summed E-state index contributed by atoms with van der Waals surface area (Å²) in [6.45, 7) is 3.75. The number of carbonyl (C=O) groups is 1. The van der Waals surface area contributed by atoms with E-state index in [1.807, 2.05) is 11.1 Å². The number of rotatable bonds is 3. The number of amides is 1. The summed E-state index contributed by atoms with van der Waals surface area (Å²) in [5.74, 6) is 2.14. The van der Waals surface area contributed by atoms with Crippen LogP contribution in [0.5, 0.6) is 0 Å². The van der Waals surface area contributed by atoms with Gasteiger partial charge in [-0.3, -0.25) is 9.78 Å². The van der Waals surface area contributed by atoms with E-state index >= 15 is 0 Å². The summed E-state index contributed by atoms with van der Waals surface area (Å²) < 4.78 is 5.18. The fourth-order valence-electron chi connectivity index (χ4n) is 4.38. The topological polar surface area (TPSA) is 59.2 Å². The molecule has 1 amide bonds. The van der Waals surface area contributed by atoms with Crippen LogP contribution in [0.2, 0.25) is 0 Å². The molecule has 2 aliphatic rings. The predicted molar refractivity (Wildman–Crippen MR) is 89.4 cm³/mol. The first kappa shape index (κ1) is 15.4. The average molecular weight is 325 g/mol. The van der Waals surface area contributed by atoms with Gasteiger partial charge in [0.1, 0.15) is 0 Å². The first-order valence-corrected chi connectivity index (χ1v) is 8.80. The summed E-state index contributed by atoms with van der Waals surface area (Å²) in [6, 6.07) is 4.28. The van der Waals surface area contributed by atoms with Crippen molar-refractivity contribution >= 4 is 5.91 Å². The zero-order valence-corrected chi connectivity index (χ0v) is 14.0. The van der Waals surface area contributed by atoms with Crippen LogP contribution in [-0.4, -0.2) is 33.9 Å². The largest absolute Gasteiger partial charge is 0.438 e. The van der Waals surface area contributed by atoms with Gasteiger partial charge in [-0.05, 0) is 55.6 Å². The van der Waals surface area contributed by atoms with E-state index in [4.69, 9.17) is 4.42 Å². The van der Waals surface area contributed by atoms with Crippen LogP contribution in [0.1, 0.15) is 41.1 Å². The SMILES string of the molecule is Cc1ccc(C[C@H]2CCC[C@@H]3CN(C(=O)c4cnco4)C[C@H]23)nc1. The minimum atomic E-state index is -0.0193. The summed E-state index contributed by atoms with van der Waals surface area (Å²) in [6.07, 6.45) is 9.52. The Morgan fingerprint density at radius 1 is 1.29 bits per heavy atom. The van der Waals surface area contributed by atoms with Gasteiger partial charge in [0.15, 0.2) is 6.39 Å². The zero-order chi connectivity index (χ0) is 16.5. The van der Waals surface area contributed by atoms with Gasteiger partial charge < -0.3 is 9.32 Å². The monoisotopic (exact) mass is 325 g/mol. The van der Waals surface area contributed by atoms with E-state index in [-0.39, 0.29) is 5.91 Å². The van der Waals surface area contributed by atoms with E-state index in [2.05, 4.69) is 29.0 Å². The summed E-state index contributed by atoms with van der Waals surface area (Å²) >= 11 is 0. The molecule has 0 bridgehead atoms. The van der Waals surface area contributed by atoms with Gasteiger partial charge in [0.25, 0.3) is 5.91 Å². The van der Waals surface area contributed by atoms with E-state index in [9.17, 15) is 4.79 Å². The Hall–Kier alpha value is -2.17. The molecule has 0 radical (unpaired) electrons. The van der Waals surface area contributed by atoms with Crippen LogP contribution in [0.4, 0.5) is 0 Å². The number of fused-ring (bicyclic) bond motifs is 1. The number of hydrogen-bond acceptors (Lipinski definition) is 4. The molecular formula is C19H23N3O2. The van der Waals surface area contributed by atoms with Gasteiger partial charge in [-0.25, -0.2) is 4.98 Å². The average Bonchev–Trinajstić information content (AvgIpc) is 3.26. The summed E-state index contributed by atoms with van der Waals surface area (Å²) in [5, 5.41) is 0. The first-order chi connectivity index (χ1) is 11.7. The van der Waals surface area contributed by atoms with Crippen LogP contribution in [0, 0.1) is 24.7 Å². The molecule has 0 spiro atoms. The molecule has 0 unspecified atom stereocenters. The smallest absolute Gasteiger partial charge is 0.291 e. The Labute approximate surface area is 142 Å². The Kier molecular flexibility index (Phi) is 4.08. The highest BCUT2D eigenvalue weighted by atomic mass is 16.3. The molecular weight excluding hydrogens is 302 g/mol. The Morgan fingerprint density at radius 3 is 2.96 bits per heavy atom. The van der Waals surface area contributed by atoms with Crippen molar-refractivity contribution in [2.24, 2.45) is 17.8 Å². The number of nitrogens with zero attached hydrogens (tertiary/aromatic N) is 3. The molecule has 0 N–H and O–H groups in total. The second kappa shape index (κ2) is 6.38. The van der Waals surface area contributed by atoms with Gasteiger partial charge in [0.2, 0.25) is 5.76 Å². The molecule has 24 heavy (non-hydrogen) atoms. The fourth-order valence-corrected chi connectivity index (χ4v) is 4.38. The molecule has 3 heterocycles. The van der Waals surface area contributed by atoms with Crippen LogP contribution >= 0.6 is 0 Å². The van der Waals surface area contributed by atoms with Gasteiger partial charge in [-0.1, -0.05) is 12.5 Å². The number of hydrogen-bond donors (Lipinski definition) is 0. The van der Waals surface area contributed by atoms with Gasteiger partial charge in [0, 0.05) is 25.0 Å². The molecule has 3 atom stereocenters. The molecule has 2 fully saturated rings. The molecule has 2 aromatic rings. The van der Waals surface area contributed by atoms with Crippen LogP contribution < -0.4 is 0 Å². The van der Waals surface area contributed by atoms with Crippen molar-refractivity contribution in [3.8, 4) is 0 Å². The van der Waals surface area contributed by atoms with E-state index in [1.165, 1.54) is 43.1 Å². The van der Waals surface area contributed by atoms with Crippen LogP contribution in [0.15, 0.2) is 35.3 Å². The lowest BCUT2D eigenvalue weighted by molar-refractivity contribution is 0.0750. The second-order valence-corrected chi connectivity index (χ2v) is 7.22. The summed E-state index contributed by atoms with van der Waals surface area (Å²) in [5.41, 5.74) is 2.37. The van der Waals surface area contributed by atoms with E-state index in [1.54, 1.807) is 0 Å². The van der Waals surface area contributed by atoms with Crippen molar-refractivity contribution in [1.82, 2.24) is 14.9 Å². The molecule has 5 heteroatoms. The van der Waals surface area contributed by atoms with E-state index in [0.717, 1.165) is 19.5 Å². The maximum absolute atomic E-state index is 12.5. The third-order valence-corrected chi connectivity index (χ3v) is 5.62. The Balaban J connectivity index is 1.46. The molecule has 4 rings (SSSR count). The standard InChI is InChI=1S/C19H23N3O2/c1-13-5-6-16(21-8-13)7-14-3-2-4-15-10-22(11-17(14)15)19(23)18-9-20-12-24-18/h5-6,8-9,12,14-15,17H,2-4,7,10-11H2,1H3/t14-,15-,17-/m1/s1. The number of aromatic nitrogens is 2. The highest BCUT2D eigenvalue weighted by Crippen LogP contribution is 2.41. The van der Waals surface area contributed by atoms with E-state index < -0.39 is 0 Å². The third-order valence-electron chi connectivity index (χ3n) is 5.62. The van der Waals surface area contributed by atoms with Gasteiger partial charge in [0.05, 0.1) is 6.20 Å². The number of likely N-dealkylation sites (tertiary alicyclic amines) is 1. The van der Waals surface area contributed by atoms with Gasteiger partial charge in [-0.15, -0.1) is 0 Å². The highest BCUT2D eigenvalue weighted by Gasteiger charge is 2.42. The highest BCUT2D eigenvalue weighted by molar-refractivity contribution is 5.91. The molecule has 1 aliphatic carbocycles. The summed E-state index contributed by atoms with van der Waals surface area (Å²) in [7, 11) is 0. The van der Waals surface area contributed by atoms with Crippen molar-refractivity contribution < 1.29 is 9.21 Å². The number of aryl methyl sites for hydroxylation is 1. The molecule has 126 valence electrons. The quantitative estimate of drug-likeness (QED) is 0.870. The lowest BCUT2D eigenvalue weighted by Crippen LogP contribution is -2.30. The van der Waals surface area contributed by atoms with Crippen LogP contribution in [0.25, 0.3) is 0 Å². The Bertz CT molecular complexity index is 696. The number of carbonyl (C=O) groups excluding carboxylic acids is 1. The maximum atomic E-state index is 12.5. The summed E-state index contributed by atoms with van der Waals surface area (Å²) in [4.78, 5) is 22.9. The van der Waals surface area contributed by atoms with Crippen molar-refractivity contribution in [1.29, 1.82) is 0 Å². The normalized spacial score (nSPS) is 26.4. The molecule has 1 saturated carbocycles. The van der Waals surface area contributed by atoms with Crippen LogP contribution in [0.3, 0.4) is 0 Å². The van der Waals surface area contributed by atoms with Crippen molar-refractivity contribution in [3.05, 3.63) is 47.9 Å². The second-order valence-electron chi connectivity index (χ2n) is 7.22. The lowest BCUT2D eigenvalue weighted by Gasteiger charge is -2.32. The minimum Gasteiger partial charge on any atom is -0.438 e. The molecule has 1 saturated heterocycles. The van der Waals surface area contributed by atoms with Crippen LogP contribution in [-0.2, 0) is 6.42 Å². The Morgan fingerprint density at radius 2 is 2.21 bits per heavy atom. The molecule has 0 aromatic carbocycles. The number of pyridine rings is 1.